The highest BCUT2D eigenvalue weighted by Crippen LogP contribution is 2.30. The molecule has 0 unspecified atom stereocenters. The molecule has 174 valence electrons. The lowest BCUT2D eigenvalue weighted by Gasteiger charge is -2.35. The molecule has 34 heavy (non-hydrogen) atoms. The molecular weight excluding hydrogens is 431 g/mol. The van der Waals surface area contributed by atoms with Gasteiger partial charge in [-0.05, 0) is 49.7 Å². The predicted molar refractivity (Wildman–Crippen MR) is 130 cm³/mol. The van der Waals surface area contributed by atoms with Crippen molar-refractivity contribution >= 4 is 22.8 Å². The average Bonchev–Trinajstić information content (AvgIpc) is 3.20. The fourth-order valence-electron chi connectivity index (χ4n) is 4.46. The first kappa shape index (κ1) is 22.0. The van der Waals surface area contributed by atoms with E-state index < -0.39 is 0 Å². The second kappa shape index (κ2) is 8.85. The summed E-state index contributed by atoms with van der Waals surface area (Å²) in [6.45, 7) is 8.53. The highest BCUT2D eigenvalue weighted by Gasteiger charge is 2.27. The number of para-hydroxylation sites is 1. The Kier molecular flexibility index (Phi) is 5.73. The monoisotopic (exact) mass is 458 g/mol. The van der Waals surface area contributed by atoms with Crippen molar-refractivity contribution in [2.75, 3.05) is 31.1 Å². The second-order valence-corrected chi connectivity index (χ2v) is 8.59. The summed E-state index contributed by atoms with van der Waals surface area (Å²) in [6, 6.07) is 13.9. The molecule has 2 aromatic carbocycles. The maximum absolute atomic E-state index is 13.2. The number of aromatic nitrogens is 4. The fourth-order valence-corrected chi connectivity index (χ4v) is 4.46. The number of halogens is 1. The van der Waals surface area contributed by atoms with Crippen molar-refractivity contribution in [1.82, 2.24) is 24.6 Å². The SMILES string of the molecule is CCc1nc(N2CCN(C(=O)c3ccc(F)cc3)CC2)c2c(C)nn(-c3ccccc3C)c2n1. The van der Waals surface area contributed by atoms with E-state index >= 15 is 0 Å². The number of rotatable bonds is 4. The lowest BCUT2D eigenvalue weighted by atomic mass is 10.1. The Morgan fingerprint density at radius 3 is 2.35 bits per heavy atom. The summed E-state index contributed by atoms with van der Waals surface area (Å²) in [4.78, 5) is 26.6. The van der Waals surface area contributed by atoms with Gasteiger partial charge in [0.1, 0.15) is 17.5 Å². The molecule has 1 amide bonds. The summed E-state index contributed by atoms with van der Waals surface area (Å²) in [7, 11) is 0. The quantitative estimate of drug-likeness (QED) is 0.461. The third-order valence-electron chi connectivity index (χ3n) is 6.35. The van der Waals surface area contributed by atoms with Gasteiger partial charge in [0.05, 0.1) is 16.8 Å². The Hall–Kier alpha value is -3.81. The van der Waals surface area contributed by atoms with Crippen molar-refractivity contribution in [3.05, 3.63) is 77.0 Å². The number of hydrogen-bond acceptors (Lipinski definition) is 5. The largest absolute Gasteiger partial charge is 0.352 e. The average molecular weight is 459 g/mol. The molecule has 0 radical (unpaired) electrons. The maximum Gasteiger partial charge on any atom is 0.253 e. The summed E-state index contributed by atoms with van der Waals surface area (Å²) < 4.78 is 15.2. The molecule has 0 saturated carbocycles. The van der Waals surface area contributed by atoms with Crippen LogP contribution in [0.1, 0.15) is 34.4 Å². The molecule has 5 rings (SSSR count). The van der Waals surface area contributed by atoms with Crippen LogP contribution in [0.25, 0.3) is 16.7 Å². The van der Waals surface area contributed by atoms with E-state index in [4.69, 9.17) is 15.1 Å². The Labute approximate surface area is 197 Å². The minimum absolute atomic E-state index is 0.0784. The maximum atomic E-state index is 13.2. The number of carbonyl (C=O) groups excluding carboxylic acids is 1. The van der Waals surface area contributed by atoms with E-state index in [-0.39, 0.29) is 11.7 Å². The summed E-state index contributed by atoms with van der Waals surface area (Å²) in [5, 5.41) is 5.78. The van der Waals surface area contributed by atoms with Gasteiger partial charge in [0.2, 0.25) is 0 Å². The second-order valence-electron chi connectivity index (χ2n) is 8.59. The molecule has 7 nitrogen and oxygen atoms in total. The number of piperazine rings is 1. The zero-order valence-electron chi connectivity index (χ0n) is 19.6. The fraction of sp³-hybridized carbons (Fsp3) is 0.308. The lowest BCUT2D eigenvalue weighted by Crippen LogP contribution is -2.49. The number of carbonyl (C=O) groups is 1. The van der Waals surface area contributed by atoms with Crippen molar-refractivity contribution in [1.29, 1.82) is 0 Å². The van der Waals surface area contributed by atoms with Gasteiger partial charge in [0.25, 0.3) is 5.91 Å². The van der Waals surface area contributed by atoms with Gasteiger partial charge in [0, 0.05) is 38.2 Å². The molecule has 2 aromatic heterocycles. The van der Waals surface area contributed by atoms with Crippen molar-refractivity contribution < 1.29 is 9.18 Å². The van der Waals surface area contributed by atoms with Crippen LogP contribution in [-0.4, -0.2) is 56.7 Å². The summed E-state index contributed by atoms with van der Waals surface area (Å²) in [5.41, 5.74) is 4.31. The highest BCUT2D eigenvalue weighted by atomic mass is 19.1. The van der Waals surface area contributed by atoms with Gasteiger partial charge >= 0.3 is 0 Å². The van der Waals surface area contributed by atoms with E-state index in [2.05, 4.69) is 24.0 Å². The molecular formula is C26H27FN6O. The zero-order valence-corrected chi connectivity index (χ0v) is 19.6. The molecule has 8 heteroatoms. The minimum Gasteiger partial charge on any atom is -0.352 e. The summed E-state index contributed by atoms with van der Waals surface area (Å²) in [6.07, 6.45) is 0.712. The molecule has 1 aliphatic rings. The van der Waals surface area contributed by atoms with Crippen LogP contribution in [0.3, 0.4) is 0 Å². The van der Waals surface area contributed by atoms with Crippen LogP contribution < -0.4 is 4.90 Å². The van der Waals surface area contributed by atoms with E-state index in [1.807, 2.05) is 35.6 Å². The number of nitrogens with zero attached hydrogens (tertiary/aromatic N) is 6. The van der Waals surface area contributed by atoms with Crippen molar-refractivity contribution in [3.63, 3.8) is 0 Å². The highest BCUT2D eigenvalue weighted by molar-refractivity contribution is 5.95. The van der Waals surface area contributed by atoms with Gasteiger partial charge < -0.3 is 9.80 Å². The number of hydrogen-bond donors (Lipinski definition) is 0. The van der Waals surface area contributed by atoms with Gasteiger partial charge in [-0.15, -0.1) is 0 Å². The number of benzene rings is 2. The van der Waals surface area contributed by atoms with Crippen LogP contribution in [0, 0.1) is 19.7 Å². The summed E-state index contributed by atoms with van der Waals surface area (Å²) >= 11 is 0. The van der Waals surface area contributed by atoms with Crippen LogP contribution >= 0.6 is 0 Å². The number of amides is 1. The summed E-state index contributed by atoms with van der Waals surface area (Å²) in [5.74, 6) is 1.21. The van der Waals surface area contributed by atoms with Gasteiger partial charge in [0.15, 0.2) is 5.65 Å². The van der Waals surface area contributed by atoms with Gasteiger partial charge in [-0.2, -0.15) is 5.10 Å². The minimum atomic E-state index is -0.345. The Morgan fingerprint density at radius 2 is 1.68 bits per heavy atom. The third-order valence-corrected chi connectivity index (χ3v) is 6.35. The van der Waals surface area contributed by atoms with Crippen molar-refractivity contribution in [2.45, 2.75) is 27.2 Å². The normalized spacial score (nSPS) is 14.1. The molecule has 1 aliphatic heterocycles. The van der Waals surface area contributed by atoms with Crippen LogP contribution in [0.5, 0.6) is 0 Å². The smallest absolute Gasteiger partial charge is 0.253 e. The first-order valence-corrected chi connectivity index (χ1v) is 11.6. The van der Waals surface area contributed by atoms with E-state index in [0.717, 1.165) is 39.6 Å². The molecule has 1 fully saturated rings. The predicted octanol–water partition coefficient (Wildman–Crippen LogP) is 4.10. The van der Waals surface area contributed by atoms with E-state index in [1.165, 1.54) is 24.3 Å². The van der Waals surface area contributed by atoms with Gasteiger partial charge in [-0.25, -0.2) is 19.0 Å². The first-order chi connectivity index (χ1) is 16.5. The van der Waals surface area contributed by atoms with Gasteiger partial charge in [-0.1, -0.05) is 25.1 Å². The standard InChI is InChI=1S/C26H27FN6O/c1-4-22-28-24(23-18(3)30-33(25(23)29-22)21-8-6-5-7-17(21)2)31-13-15-32(16-14-31)26(34)19-9-11-20(27)12-10-19/h5-12H,4,13-16H2,1-3H3. The van der Waals surface area contributed by atoms with Crippen molar-refractivity contribution in [3.8, 4) is 5.69 Å². The molecule has 0 N–H and O–H groups in total. The third kappa shape index (κ3) is 3.89. The zero-order chi connectivity index (χ0) is 23.8. The van der Waals surface area contributed by atoms with Crippen LogP contribution in [-0.2, 0) is 6.42 Å². The number of fused-ring (bicyclic) bond motifs is 1. The molecule has 0 aliphatic carbocycles. The molecule has 3 heterocycles. The Bertz CT molecular complexity index is 1360. The number of aryl methyl sites for hydroxylation is 3. The van der Waals surface area contributed by atoms with Crippen LogP contribution in [0.4, 0.5) is 10.2 Å². The van der Waals surface area contributed by atoms with Crippen molar-refractivity contribution in [2.24, 2.45) is 0 Å². The first-order valence-electron chi connectivity index (χ1n) is 11.6. The van der Waals surface area contributed by atoms with Crippen LogP contribution in [0.2, 0.25) is 0 Å². The van der Waals surface area contributed by atoms with E-state index in [9.17, 15) is 9.18 Å². The number of anilines is 1. The molecule has 0 bridgehead atoms. The molecule has 0 spiro atoms. The van der Waals surface area contributed by atoms with E-state index in [1.54, 1.807) is 0 Å². The Balaban J connectivity index is 1.47. The molecule has 1 saturated heterocycles. The topological polar surface area (TPSA) is 67.2 Å². The van der Waals surface area contributed by atoms with Crippen LogP contribution in [0.15, 0.2) is 48.5 Å². The van der Waals surface area contributed by atoms with E-state index in [0.29, 0.717) is 38.2 Å². The Morgan fingerprint density at radius 1 is 0.971 bits per heavy atom. The molecule has 0 atom stereocenters. The van der Waals surface area contributed by atoms with Gasteiger partial charge in [-0.3, -0.25) is 4.79 Å². The lowest BCUT2D eigenvalue weighted by molar-refractivity contribution is 0.0746. The molecule has 4 aromatic rings.